The summed E-state index contributed by atoms with van der Waals surface area (Å²) in [5.41, 5.74) is 4.12. The fourth-order valence-corrected chi connectivity index (χ4v) is 7.66. The molecule has 0 N–H and O–H groups in total. The number of pyridine rings is 2. The van der Waals surface area contributed by atoms with E-state index in [0.717, 1.165) is 35.3 Å². The Kier molecular flexibility index (Phi) is 16.2. The third kappa shape index (κ3) is 11.1. The van der Waals surface area contributed by atoms with Crippen LogP contribution in [0, 0.1) is 0 Å². The van der Waals surface area contributed by atoms with E-state index < -0.39 is 0 Å². The van der Waals surface area contributed by atoms with Gasteiger partial charge in [0.25, 0.3) is 0 Å². The largest absolute Gasteiger partial charge is 0.493 e. The van der Waals surface area contributed by atoms with Gasteiger partial charge in [-0.1, -0.05) is 45.9 Å². The second-order valence-corrected chi connectivity index (χ2v) is 14.0. The maximum absolute atomic E-state index is 5.59. The van der Waals surface area contributed by atoms with Gasteiger partial charge in [0.1, 0.15) is 13.1 Å². The normalized spacial score (nSPS) is 11.2. The lowest BCUT2D eigenvalue weighted by atomic mass is 10.1. The van der Waals surface area contributed by atoms with Crippen LogP contribution in [0.2, 0.25) is 0 Å². The summed E-state index contributed by atoms with van der Waals surface area (Å²) in [6, 6.07) is 16.3. The number of hydrogen-bond donors (Lipinski definition) is 0. The number of nitrogens with zero attached hydrogens (tertiary/aromatic N) is 2. The Morgan fingerprint density at radius 1 is 0.440 bits per heavy atom. The fourth-order valence-electron chi connectivity index (χ4n) is 5.37. The van der Waals surface area contributed by atoms with Crippen molar-refractivity contribution in [1.82, 2.24) is 0 Å². The van der Waals surface area contributed by atoms with Crippen LogP contribution in [0.15, 0.2) is 73.3 Å². The molecule has 8 nitrogen and oxygen atoms in total. The van der Waals surface area contributed by atoms with E-state index in [1.54, 1.807) is 42.7 Å². The lowest BCUT2D eigenvalue weighted by molar-refractivity contribution is -0.697. The van der Waals surface area contributed by atoms with E-state index in [4.69, 9.17) is 28.4 Å². The van der Waals surface area contributed by atoms with E-state index in [2.05, 4.69) is 70.3 Å². The van der Waals surface area contributed by atoms with Crippen LogP contribution in [0.1, 0.15) is 47.9 Å². The molecule has 0 atom stereocenters. The molecule has 0 bridgehead atoms. The molecule has 0 amide bonds. The van der Waals surface area contributed by atoms with Gasteiger partial charge in [-0.05, 0) is 48.2 Å². The first kappa shape index (κ1) is 38.5. The lowest BCUT2D eigenvalue weighted by Crippen LogP contribution is -2.32. The molecular formula is C40H50N2O6S2+2. The summed E-state index contributed by atoms with van der Waals surface area (Å²) >= 11 is 0. The fraction of sp³-hybridized carbons (Fsp3) is 0.350. The third-order valence-corrected chi connectivity index (χ3v) is 10.7. The first-order chi connectivity index (χ1) is 24.5. The molecule has 0 radical (unpaired) electrons. The van der Waals surface area contributed by atoms with Gasteiger partial charge in [-0.25, -0.2) is 9.13 Å². The Hall–Kier alpha value is -4.28. The summed E-state index contributed by atoms with van der Waals surface area (Å²) in [6.45, 7) is 2.05. The van der Waals surface area contributed by atoms with Crippen molar-refractivity contribution in [2.45, 2.75) is 38.8 Å². The highest BCUT2D eigenvalue weighted by atomic mass is 33.1. The molecule has 4 aromatic rings. The zero-order chi connectivity index (χ0) is 35.6. The van der Waals surface area contributed by atoms with Crippen LogP contribution < -0.4 is 37.6 Å². The topological polar surface area (TPSA) is 63.1 Å². The first-order valence-corrected chi connectivity index (χ1v) is 19.2. The van der Waals surface area contributed by atoms with Crippen molar-refractivity contribution in [3.05, 3.63) is 95.6 Å². The van der Waals surface area contributed by atoms with E-state index in [0.29, 0.717) is 34.5 Å². The average Bonchev–Trinajstić information content (AvgIpc) is 3.16. The number of hydrogen-bond acceptors (Lipinski definition) is 8. The highest BCUT2D eigenvalue weighted by molar-refractivity contribution is 8.76. The molecule has 0 aliphatic rings. The van der Waals surface area contributed by atoms with Crippen LogP contribution in [-0.2, 0) is 13.1 Å². The van der Waals surface area contributed by atoms with Crippen molar-refractivity contribution in [2.75, 3.05) is 54.2 Å². The third-order valence-electron chi connectivity index (χ3n) is 8.09. The van der Waals surface area contributed by atoms with Gasteiger partial charge in [-0.2, -0.15) is 0 Å². The van der Waals surface area contributed by atoms with Gasteiger partial charge in [0.05, 0.1) is 42.7 Å². The van der Waals surface area contributed by atoms with Crippen LogP contribution in [0.3, 0.4) is 0 Å². The van der Waals surface area contributed by atoms with Crippen LogP contribution >= 0.6 is 21.6 Å². The summed E-state index contributed by atoms with van der Waals surface area (Å²) < 4.78 is 37.4. The molecule has 2 heterocycles. The predicted octanol–water partition coefficient (Wildman–Crippen LogP) is 8.30. The van der Waals surface area contributed by atoms with Gasteiger partial charge in [0, 0.05) is 59.7 Å². The number of ether oxygens (including phenoxy) is 6. The van der Waals surface area contributed by atoms with Crippen molar-refractivity contribution in [3.63, 3.8) is 0 Å². The Balaban J connectivity index is 1.08. The average molecular weight is 719 g/mol. The minimum Gasteiger partial charge on any atom is -0.493 e. The van der Waals surface area contributed by atoms with Crippen LogP contribution in [0.4, 0.5) is 0 Å². The number of aryl methyl sites for hydroxylation is 2. The van der Waals surface area contributed by atoms with Crippen LogP contribution in [0.5, 0.6) is 34.5 Å². The Bertz CT molecular complexity index is 1550. The number of aromatic nitrogens is 2. The van der Waals surface area contributed by atoms with Crippen molar-refractivity contribution in [3.8, 4) is 34.5 Å². The molecule has 0 saturated heterocycles. The number of unbranched alkanes of at least 4 members (excludes halogenated alkanes) is 2. The molecule has 0 aliphatic carbocycles. The highest BCUT2D eigenvalue weighted by Gasteiger charge is 2.15. The predicted molar refractivity (Wildman–Crippen MR) is 207 cm³/mol. The van der Waals surface area contributed by atoms with E-state index in [-0.39, 0.29) is 0 Å². The molecule has 50 heavy (non-hydrogen) atoms. The van der Waals surface area contributed by atoms with Gasteiger partial charge in [-0.15, -0.1) is 0 Å². The molecule has 0 saturated carbocycles. The molecule has 2 aromatic carbocycles. The van der Waals surface area contributed by atoms with E-state index in [9.17, 15) is 0 Å². The Labute approximate surface area is 305 Å². The molecule has 0 unspecified atom stereocenters. The van der Waals surface area contributed by atoms with E-state index >= 15 is 0 Å². The van der Waals surface area contributed by atoms with Gasteiger partial charge in [0.15, 0.2) is 47.8 Å². The SMILES string of the molecule is COc1ccc(/C=C/c2cc[n+](CCCCSSCCCC[n+]3ccc(/C=C/c4ccc(OC)c(OC)c4OC)cc3)cc2)c(OC)c1OC. The minimum atomic E-state index is 0.594. The van der Waals surface area contributed by atoms with E-state index in [1.807, 2.05) is 58.0 Å². The summed E-state index contributed by atoms with van der Waals surface area (Å²) in [5.74, 6) is 6.16. The van der Waals surface area contributed by atoms with Crippen molar-refractivity contribution < 1.29 is 37.6 Å². The Morgan fingerprint density at radius 3 is 1.16 bits per heavy atom. The minimum absolute atomic E-state index is 0.594. The van der Waals surface area contributed by atoms with Crippen molar-refractivity contribution >= 4 is 45.9 Å². The molecule has 0 aliphatic heterocycles. The zero-order valence-corrected chi connectivity index (χ0v) is 31.7. The molecule has 2 aromatic heterocycles. The van der Waals surface area contributed by atoms with Gasteiger partial charge in [0.2, 0.25) is 11.5 Å². The smallest absolute Gasteiger partial charge is 0.203 e. The van der Waals surface area contributed by atoms with Crippen molar-refractivity contribution in [1.29, 1.82) is 0 Å². The monoisotopic (exact) mass is 718 g/mol. The van der Waals surface area contributed by atoms with Gasteiger partial charge in [-0.3, -0.25) is 0 Å². The summed E-state index contributed by atoms with van der Waals surface area (Å²) in [7, 11) is 13.7. The first-order valence-electron chi connectivity index (χ1n) is 16.7. The second-order valence-electron chi connectivity index (χ2n) is 11.3. The zero-order valence-electron chi connectivity index (χ0n) is 30.1. The molecule has 4 rings (SSSR count). The summed E-state index contributed by atoms with van der Waals surface area (Å²) in [4.78, 5) is 0. The Morgan fingerprint density at radius 2 is 0.820 bits per heavy atom. The number of rotatable bonds is 21. The quantitative estimate of drug-likeness (QED) is 0.0485. The molecular weight excluding hydrogens is 669 g/mol. The number of benzene rings is 2. The van der Waals surface area contributed by atoms with Crippen LogP contribution in [0.25, 0.3) is 24.3 Å². The standard InChI is InChI=1S/C40H50N2O6S2/c1-43-35-17-15-33(37(45-3)39(35)47-5)13-11-31-19-25-41(26-20-31)23-7-9-29-49-50-30-10-8-24-42-27-21-32(22-28-42)12-14-34-16-18-36(44-2)40(48-6)38(34)46-4/h11-22,25-28H,7-10,23-24,29-30H2,1-6H3/q+2/b13-11+,14-12+. The summed E-state index contributed by atoms with van der Waals surface area (Å²) in [6.07, 6.45) is 21.6. The molecule has 0 spiro atoms. The molecule has 10 heteroatoms. The maximum atomic E-state index is 5.59. The summed E-state index contributed by atoms with van der Waals surface area (Å²) in [5, 5.41) is 0. The van der Waals surface area contributed by atoms with E-state index in [1.165, 1.54) is 37.2 Å². The number of methoxy groups -OCH3 is 6. The highest BCUT2D eigenvalue weighted by Crippen LogP contribution is 2.41. The van der Waals surface area contributed by atoms with Crippen LogP contribution in [-0.4, -0.2) is 54.2 Å². The van der Waals surface area contributed by atoms with Crippen molar-refractivity contribution in [2.24, 2.45) is 0 Å². The molecule has 266 valence electrons. The molecule has 0 fully saturated rings. The second kappa shape index (κ2) is 21.1. The van der Waals surface area contributed by atoms with Gasteiger partial charge >= 0.3 is 0 Å². The lowest BCUT2D eigenvalue weighted by Gasteiger charge is -2.13. The van der Waals surface area contributed by atoms with Gasteiger partial charge < -0.3 is 28.4 Å². The maximum Gasteiger partial charge on any atom is 0.203 e.